The Morgan fingerprint density at radius 1 is 0.926 bits per heavy atom. The first-order chi connectivity index (χ1) is 13.0. The molecule has 4 nitrogen and oxygen atoms in total. The minimum absolute atomic E-state index is 0.157. The highest BCUT2D eigenvalue weighted by atomic mass is 32.1. The first kappa shape index (κ1) is 17.3. The number of hydrogen-bond acceptors (Lipinski definition) is 3. The summed E-state index contributed by atoms with van der Waals surface area (Å²) >= 11 is 1.07. The van der Waals surface area contributed by atoms with Gasteiger partial charge in [-0.3, -0.25) is 9.36 Å². The van der Waals surface area contributed by atoms with E-state index >= 15 is 0 Å². The zero-order chi connectivity index (χ0) is 19.1. The van der Waals surface area contributed by atoms with E-state index in [-0.39, 0.29) is 16.8 Å². The molecule has 0 saturated carbocycles. The van der Waals surface area contributed by atoms with Crippen molar-refractivity contribution in [3.8, 4) is 5.69 Å². The summed E-state index contributed by atoms with van der Waals surface area (Å²) in [5.74, 6) is -2.21. The molecule has 0 unspecified atom stereocenters. The van der Waals surface area contributed by atoms with Gasteiger partial charge in [0.1, 0.15) is 22.2 Å². The highest BCUT2D eigenvalue weighted by Gasteiger charge is 2.19. The van der Waals surface area contributed by atoms with Crippen molar-refractivity contribution >= 4 is 21.6 Å². The molecule has 0 aliphatic carbocycles. The van der Waals surface area contributed by atoms with Crippen LogP contribution in [0.15, 0.2) is 63.5 Å². The van der Waals surface area contributed by atoms with E-state index in [2.05, 4.69) is 0 Å². The Bertz CT molecular complexity index is 1290. The number of halogens is 3. The van der Waals surface area contributed by atoms with Gasteiger partial charge in [0.05, 0.1) is 17.7 Å². The summed E-state index contributed by atoms with van der Waals surface area (Å²) in [7, 11) is 0. The van der Waals surface area contributed by atoms with Crippen molar-refractivity contribution in [3.05, 3.63) is 97.8 Å². The number of thiophene rings is 1. The zero-order valence-electron chi connectivity index (χ0n) is 13.7. The molecule has 27 heavy (non-hydrogen) atoms. The molecule has 0 saturated heterocycles. The van der Waals surface area contributed by atoms with E-state index in [1.807, 2.05) is 0 Å². The van der Waals surface area contributed by atoms with E-state index in [1.54, 1.807) is 17.5 Å². The maximum absolute atomic E-state index is 14.2. The van der Waals surface area contributed by atoms with Gasteiger partial charge in [0.25, 0.3) is 5.56 Å². The molecule has 0 atom stereocenters. The highest BCUT2D eigenvalue weighted by molar-refractivity contribution is 7.17. The van der Waals surface area contributed by atoms with Crippen LogP contribution in [-0.4, -0.2) is 9.13 Å². The highest BCUT2D eigenvalue weighted by Crippen LogP contribution is 2.19. The third-order valence-corrected chi connectivity index (χ3v) is 5.08. The van der Waals surface area contributed by atoms with Crippen molar-refractivity contribution < 1.29 is 13.2 Å². The molecule has 0 radical (unpaired) electrons. The molecule has 2 aromatic heterocycles. The number of hydrogen-bond donors (Lipinski definition) is 0. The van der Waals surface area contributed by atoms with E-state index in [1.165, 1.54) is 22.8 Å². The molecular weight excluding hydrogens is 377 g/mol. The summed E-state index contributed by atoms with van der Waals surface area (Å²) in [6.07, 6.45) is 0. The van der Waals surface area contributed by atoms with E-state index in [0.29, 0.717) is 10.1 Å². The number of fused-ring (bicyclic) bond motifs is 1. The van der Waals surface area contributed by atoms with Crippen molar-refractivity contribution in [1.29, 1.82) is 0 Å². The first-order valence-corrected chi connectivity index (χ1v) is 8.77. The van der Waals surface area contributed by atoms with Crippen molar-refractivity contribution in [2.75, 3.05) is 0 Å². The minimum atomic E-state index is -0.913. The lowest BCUT2D eigenvalue weighted by Gasteiger charge is -2.13. The normalized spacial score (nSPS) is 11.2. The third kappa shape index (κ3) is 2.87. The number of benzene rings is 2. The van der Waals surface area contributed by atoms with Crippen LogP contribution in [0.2, 0.25) is 0 Å². The Morgan fingerprint density at radius 3 is 2.48 bits per heavy atom. The Morgan fingerprint density at radius 2 is 1.70 bits per heavy atom. The van der Waals surface area contributed by atoms with Crippen LogP contribution in [0.1, 0.15) is 5.56 Å². The van der Waals surface area contributed by atoms with Crippen LogP contribution < -0.4 is 11.2 Å². The lowest BCUT2D eigenvalue weighted by Crippen LogP contribution is -2.39. The molecule has 0 spiro atoms. The van der Waals surface area contributed by atoms with Crippen LogP contribution in [0.25, 0.3) is 15.9 Å². The molecule has 4 aromatic rings. The monoisotopic (exact) mass is 388 g/mol. The summed E-state index contributed by atoms with van der Waals surface area (Å²) in [6.45, 7) is -0.157. The molecule has 0 amide bonds. The summed E-state index contributed by atoms with van der Waals surface area (Å²) < 4.78 is 43.9. The molecule has 4 rings (SSSR count). The van der Waals surface area contributed by atoms with Crippen LogP contribution in [0.5, 0.6) is 0 Å². The number of nitrogens with zero attached hydrogens (tertiary/aromatic N) is 2. The second-order valence-corrected chi connectivity index (χ2v) is 6.75. The molecule has 0 aliphatic heterocycles. The Balaban J connectivity index is 2.05. The van der Waals surface area contributed by atoms with Crippen LogP contribution in [-0.2, 0) is 6.54 Å². The molecule has 2 aromatic carbocycles. The van der Waals surface area contributed by atoms with E-state index in [4.69, 9.17) is 0 Å². The lowest BCUT2D eigenvalue weighted by molar-refractivity contribution is 0.578. The van der Waals surface area contributed by atoms with Crippen molar-refractivity contribution in [1.82, 2.24) is 9.13 Å². The molecule has 2 heterocycles. The summed E-state index contributed by atoms with van der Waals surface area (Å²) in [5.41, 5.74) is -1.57. The predicted molar refractivity (Wildman–Crippen MR) is 97.1 cm³/mol. The van der Waals surface area contributed by atoms with Gasteiger partial charge >= 0.3 is 5.69 Å². The Hall–Kier alpha value is -3.13. The van der Waals surface area contributed by atoms with Gasteiger partial charge < -0.3 is 0 Å². The fraction of sp³-hybridized carbons (Fsp3) is 0.0526. The fourth-order valence-electron chi connectivity index (χ4n) is 2.91. The van der Waals surface area contributed by atoms with E-state index < -0.39 is 34.4 Å². The molecule has 0 fully saturated rings. The molecule has 0 bridgehead atoms. The molecule has 0 aliphatic rings. The summed E-state index contributed by atoms with van der Waals surface area (Å²) in [4.78, 5) is 25.7. The van der Waals surface area contributed by atoms with Gasteiger partial charge in [-0.2, -0.15) is 0 Å². The van der Waals surface area contributed by atoms with Crippen molar-refractivity contribution in [2.24, 2.45) is 0 Å². The average molecular weight is 388 g/mol. The minimum Gasteiger partial charge on any atom is -0.287 e. The van der Waals surface area contributed by atoms with Crippen LogP contribution >= 0.6 is 11.3 Å². The topological polar surface area (TPSA) is 44.0 Å². The van der Waals surface area contributed by atoms with Crippen LogP contribution in [0.3, 0.4) is 0 Å². The largest absolute Gasteiger partial charge is 0.336 e. The van der Waals surface area contributed by atoms with Crippen LogP contribution in [0.4, 0.5) is 13.2 Å². The number of rotatable bonds is 3. The van der Waals surface area contributed by atoms with E-state index in [9.17, 15) is 22.8 Å². The predicted octanol–water partition coefficient (Wildman–Crippen LogP) is 3.68. The molecule has 8 heteroatoms. The second kappa shape index (κ2) is 6.55. The third-order valence-electron chi connectivity index (χ3n) is 4.19. The maximum atomic E-state index is 14.2. The Kier molecular flexibility index (Phi) is 4.19. The van der Waals surface area contributed by atoms with Gasteiger partial charge in [-0.15, -0.1) is 11.3 Å². The van der Waals surface area contributed by atoms with Crippen molar-refractivity contribution in [2.45, 2.75) is 6.54 Å². The number of aromatic nitrogens is 2. The lowest BCUT2D eigenvalue weighted by atomic mass is 10.2. The van der Waals surface area contributed by atoms with Gasteiger partial charge in [-0.05, 0) is 29.6 Å². The van der Waals surface area contributed by atoms with Gasteiger partial charge in [0, 0.05) is 11.6 Å². The molecule has 136 valence electrons. The van der Waals surface area contributed by atoms with Gasteiger partial charge in [-0.1, -0.05) is 18.2 Å². The zero-order valence-corrected chi connectivity index (χ0v) is 14.5. The summed E-state index contributed by atoms with van der Waals surface area (Å²) in [6, 6.07) is 10.00. The average Bonchev–Trinajstić information content (AvgIpc) is 3.13. The standard InChI is InChI=1S/C19H11F3N2O2S/c20-12-5-6-14(22)16(9-12)24-18(25)17-15(7-8-27-17)23(19(24)26)10-11-3-1-2-4-13(11)21/h1-9H,10H2. The van der Waals surface area contributed by atoms with Crippen molar-refractivity contribution in [3.63, 3.8) is 0 Å². The van der Waals surface area contributed by atoms with Gasteiger partial charge in [0.2, 0.25) is 0 Å². The maximum Gasteiger partial charge on any atom is 0.336 e. The molecule has 0 N–H and O–H groups in total. The second-order valence-electron chi connectivity index (χ2n) is 5.83. The smallest absolute Gasteiger partial charge is 0.287 e. The summed E-state index contributed by atoms with van der Waals surface area (Å²) in [5, 5.41) is 1.61. The Labute approximate surface area is 154 Å². The fourth-order valence-corrected chi connectivity index (χ4v) is 3.73. The first-order valence-electron chi connectivity index (χ1n) is 7.89. The quantitative estimate of drug-likeness (QED) is 0.537. The van der Waals surface area contributed by atoms with Gasteiger partial charge in [0.15, 0.2) is 0 Å². The van der Waals surface area contributed by atoms with Crippen LogP contribution in [0, 0.1) is 17.5 Å². The van der Waals surface area contributed by atoms with Gasteiger partial charge in [-0.25, -0.2) is 22.5 Å². The SMILES string of the molecule is O=c1c2sccc2n(Cc2ccccc2F)c(=O)n1-c1cc(F)ccc1F. The molecular formula is C19H11F3N2O2S. The van der Waals surface area contributed by atoms with E-state index in [0.717, 1.165) is 29.5 Å².